The second kappa shape index (κ2) is 7.10. The minimum absolute atomic E-state index is 0.123. The number of furan rings is 1. The van der Waals surface area contributed by atoms with Crippen molar-refractivity contribution < 1.29 is 14.0 Å². The maximum atomic E-state index is 13.0. The lowest BCUT2D eigenvalue weighted by atomic mass is 9.82. The van der Waals surface area contributed by atoms with Crippen molar-refractivity contribution in [2.75, 3.05) is 13.1 Å². The van der Waals surface area contributed by atoms with Gasteiger partial charge in [-0.25, -0.2) is 4.79 Å². The summed E-state index contributed by atoms with van der Waals surface area (Å²) in [5.41, 5.74) is 0. The summed E-state index contributed by atoms with van der Waals surface area (Å²) in [7, 11) is 0. The zero-order valence-corrected chi connectivity index (χ0v) is 14.7. The van der Waals surface area contributed by atoms with Gasteiger partial charge in [0.05, 0.1) is 6.26 Å². The zero-order valence-electron chi connectivity index (χ0n) is 14.7. The molecule has 3 saturated heterocycles. The Morgan fingerprint density at radius 3 is 2.40 bits per heavy atom. The fourth-order valence-electron chi connectivity index (χ4n) is 4.72. The van der Waals surface area contributed by atoms with E-state index in [0.717, 1.165) is 51.6 Å². The van der Waals surface area contributed by atoms with E-state index in [4.69, 9.17) is 4.42 Å². The molecule has 3 fully saturated rings. The van der Waals surface area contributed by atoms with E-state index in [9.17, 15) is 9.59 Å². The van der Waals surface area contributed by atoms with Crippen molar-refractivity contribution in [1.29, 1.82) is 0 Å². The number of urea groups is 1. The monoisotopic (exact) mass is 345 g/mol. The molecule has 25 heavy (non-hydrogen) atoms. The van der Waals surface area contributed by atoms with Crippen molar-refractivity contribution in [1.82, 2.24) is 15.1 Å². The van der Waals surface area contributed by atoms with Gasteiger partial charge in [0, 0.05) is 31.2 Å². The molecule has 2 bridgehead atoms. The normalized spacial score (nSPS) is 29.4. The van der Waals surface area contributed by atoms with E-state index in [2.05, 4.69) is 10.2 Å². The summed E-state index contributed by atoms with van der Waals surface area (Å²) in [6.45, 7) is 1.79. The molecule has 4 heterocycles. The second-order valence-corrected chi connectivity index (χ2v) is 7.60. The highest BCUT2D eigenvalue weighted by atomic mass is 16.3. The van der Waals surface area contributed by atoms with Crippen LogP contribution in [0, 0.1) is 0 Å². The molecule has 1 aromatic heterocycles. The molecule has 3 aliphatic rings. The highest BCUT2D eigenvalue weighted by molar-refractivity contribution is 5.91. The number of nitrogens with one attached hydrogen (secondary N) is 1. The molecule has 3 amide bonds. The van der Waals surface area contributed by atoms with Crippen LogP contribution in [0.15, 0.2) is 22.8 Å². The van der Waals surface area contributed by atoms with Gasteiger partial charge in [-0.1, -0.05) is 0 Å². The number of carbonyl (C=O) groups excluding carboxylic acids is 2. The minimum Gasteiger partial charge on any atom is -0.459 e. The Bertz CT molecular complexity index is 595. The number of nitrogens with zero attached hydrogens (tertiary/aromatic N) is 2. The quantitative estimate of drug-likeness (QED) is 0.896. The summed E-state index contributed by atoms with van der Waals surface area (Å²) >= 11 is 0. The molecular formula is C19H27N3O3. The van der Waals surface area contributed by atoms with Crippen LogP contribution in [0.25, 0.3) is 0 Å². The highest BCUT2D eigenvalue weighted by Crippen LogP contribution is 2.35. The Morgan fingerprint density at radius 1 is 1.04 bits per heavy atom. The van der Waals surface area contributed by atoms with Crippen LogP contribution in [0.2, 0.25) is 0 Å². The summed E-state index contributed by atoms with van der Waals surface area (Å²) in [5.74, 6) is 0.209. The lowest BCUT2D eigenvalue weighted by Crippen LogP contribution is -2.61. The van der Waals surface area contributed by atoms with Gasteiger partial charge < -0.3 is 19.5 Å². The average molecular weight is 345 g/mol. The first-order chi connectivity index (χ1) is 12.2. The molecular weight excluding hydrogens is 318 g/mol. The smallest absolute Gasteiger partial charge is 0.320 e. The summed E-state index contributed by atoms with van der Waals surface area (Å²) in [4.78, 5) is 29.5. The van der Waals surface area contributed by atoms with E-state index in [1.165, 1.54) is 19.1 Å². The maximum Gasteiger partial charge on any atom is 0.320 e. The first-order valence-corrected chi connectivity index (χ1v) is 9.64. The van der Waals surface area contributed by atoms with Crippen molar-refractivity contribution in [3.05, 3.63) is 24.2 Å². The van der Waals surface area contributed by atoms with E-state index >= 15 is 0 Å². The number of amides is 3. The molecule has 2 atom stereocenters. The predicted octanol–water partition coefficient (Wildman–Crippen LogP) is 3.00. The largest absolute Gasteiger partial charge is 0.459 e. The second-order valence-electron chi connectivity index (χ2n) is 7.60. The van der Waals surface area contributed by atoms with E-state index < -0.39 is 0 Å². The molecule has 6 nitrogen and oxygen atoms in total. The van der Waals surface area contributed by atoms with E-state index in [0.29, 0.717) is 5.76 Å². The van der Waals surface area contributed by atoms with Crippen LogP contribution >= 0.6 is 0 Å². The Kier molecular flexibility index (Phi) is 4.68. The molecule has 3 aliphatic heterocycles. The Hall–Kier alpha value is -1.98. The van der Waals surface area contributed by atoms with Crippen molar-refractivity contribution in [3.63, 3.8) is 0 Å². The first kappa shape index (κ1) is 16.5. The zero-order chi connectivity index (χ0) is 17.2. The molecule has 6 heteroatoms. The van der Waals surface area contributed by atoms with Crippen molar-refractivity contribution >= 4 is 11.9 Å². The molecule has 0 aliphatic carbocycles. The number of fused-ring (bicyclic) bond motifs is 2. The fourth-order valence-corrected chi connectivity index (χ4v) is 4.72. The van der Waals surface area contributed by atoms with Gasteiger partial charge in [-0.15, -0.1) is 0 Å². The number of piperidine rings is 3. The molecule has 4 rings (SSSR count). The van der Waals surface area contributed by atoms with Crippen molar-refractivity contribution in [2.24, 2.45) is 0 Å². The highest BCUT2D eigenvalue weighted by Gasteiger charge is 2.42. The van der Waals surface area contributed by atoms with Crippen LogP contribution in [-0.4, -0.2) is 53.0 Å². The number of rotatable bonds is 2. The predicted molar refractivity (Wildman–Crippen MR) is 93.3 cm³/mol. The van der Waals surface area contributed by atoms with E-state index in [-0.39, 0.29) is 30.1 Å². The summed E-state index contributed by atoms with van der Waals surface area (Å²) in [5, 5.41) is 3.10. The third-order valence-corrected chi connectivity index (χ3v) is 5.90. The van der Waals surface area contributed by atoms with E-state index in [1.54, 1.807) is 12.1 Å². The topological polar surface area (TPSA) is 65.8 Å². The lowest BCUT2D eigenvalue weighted by Gasteiger charge is -2.50. The van der Waals surface area contributed by atoms with Crippen LogP contribution in [-0.2, 0) is 0 Å². The van der Waals surface area contributed by atoms with Crippen LogP contribution in [0.1, 0.15) is 61.9 Å². The van der Waals surface area contributed by atoms with Crippen LogP contribution < -0.4 is 5.32 Å². The molecule has 2 unspecified atom stereocenters. The van der Waals surface area contributed by atoms with Gasteiger partial charge in [0.1, 0.15) is 0 Å². The molecule has 1 N–H and O–H groups in total. The van der Waals surface area contributed by atoms with Crippen LogP contribution in [0.5, 0.6) is 0 Å². The summed E-state index contributed by atoms with van der Waals surface area (Å²) in [6, 6.07) is 4.27. The molecule has 0 radical (unpaired) electrons. The molecule has 136 valence electrons. The number of hydrogen-bond donors (Lipinski definition) is 1. The number of carbonyl (C=O) groups is 2. The maximum absolute atomic E-state index is 13.0. The lowest BCUT2D eigenvalue weighted by molar-refractivity contribution is 0.0337. The Balaban J connectivity index is 1.41. The third-order valence-electron chi connectivity index (χ3n) is 5.90. The molecule has 0 spiro atoms. The summed E-state index contributed by atoms with van der Waals surface area (Å²) in [6.07, 6.45) is 9.96. The Labute approximate surface area is 148 Å². The van der Waals surface area contributed by atoms with Gasteiger partial charge in [-0.3, -0.25) is 4.79 Å². The van der Waals surface area contributed by atoms with Gasteiger partial charge in [0.15, 0.2) is 5.76 Å². The summed E-state index contributed by atoms with van der Waals surface area (Å²) < 4.78 is 5.19. The van der Waals surface area contributed by atoms with Gasteiger partial charge in [-0.2, -0.15) is 0 Å². The standard InChI is InChI=1S/C19H27N3O3/c23-18(17-8-5-11-25-17)20-14-12-15-6-4-7-16(13-14)22(15)19(24)21-9-2-1-3-10-21/h5,8,11,14-16H,1-4,6-7,9-10,12-13H2,(H,20,23). The van der Waals surface area contributed by atoms with Crippen molar-refractivity contribution in [3.8, 4) is 0 Å². The molecule has 0 aromatic carbocycles. The molecule has 1 aromatic rings. The number of likely N-dealkylation sites (tertiary alicyclic amines) is 1. The van der Waals surface area contributed by atoms with Gasteiger partial charge >= 0.3 is 6.03 Å². The first-order valence-electron chi connectivity index (χ1n) is 9.64. The minimum atomic E-state index is -0.149. The van der Waals surface area contributed by atoms with Crippen LogP contribution in [0.4, 0.5) is 4.79 Å². The fraction of sp³-hybridized carbons (Fsp3) is 0.684. The van der Waals surface area contributed by atoms with Crippen molar-refractivity contribution in [2.45, 2.75) is 69.5 Å². The average Bonchev–Trinajstić information content (AvgIpc) is 3.16. The Morgan fingerprint density at radius 2 is 1.76 bits per heavy atom. The third kappa shape index (κ3) is 3.39. The van der Waals surface area contributed by atoms with Gasteiger partial charge in [0.2, 0.25) is 0 Å². The van der Waals surface area contributed by atoms with Gasteiger partial charge in [-0.05, 0) is 63.5 Å². The van der Waals surface area contributed by atoms with Gasteiger partial charge in [0.25, 0.3) is 5.91 Å². The van der Waals surface area contributed by atoms with E-state index in [1.807, 2.05) is 4.90 Å². The SMILES string of the molecule is O=C(NC1CC2CCCC(C1)N2C(=O)N1CCCCC1)c1ccco1. The number of hydrogen-bond acceptors (Lipinski definition) is 3. The van der Waals surface area contributed by atoms with Crippen LogP contribution in [0.3, 0.4) is 0 Å². The molecule has 0 saturated carbocycles.